The van der Waals surface area contributed by atoms with Crippen LogP contribution in [0.15, 0.2) is 42.7 Å². The molecule has 2 amide bonds. The first-order valence-electron chi connectivity index (χ1n) is 13.2. The van der Waals surface area contributed by atoms with Crippen molar-refractivity contribution in [3.8, 4) is 5.88 Å². The summed E-state index contributed by atoms with van der Waals surface area (Å²) in [6.07, 6.45) is 5.62. The summed E-state index contributed by atoms with van der Waals surface area (Å²) in [5.74, 6) is 0.944. The number of carbonyl (C=O) groups is 2. The molecule has 1 aromatic heterocycles. The normalized spacial score (nSPS) is 22.8. The number of fused-ring (bicyclic) bond motifs is 1. The monoisotopic (exact) mass is 507 g/mol. The molecule has 2 saturated heterocycles. The highest BCUT2D eigenvalue weighted by molar-refractivity contribution is 5.87. The molecular formula is C28H37N5O4. The van der Waals surface area contributed by atoms with Gasteiger partial charge in [-0.25, -0.2) is 9.78 Å². The molecule has 0 spiro atoms. The zero-order valence-corrected chi connectivity index (χ0v) is 21.9. The van der Waals surface area contributed by atoms with Crippen LogP contribution in [0, 0.1) is 5.41 Å². The minimum atomic E-state index is -1.08. The molecule has 1 N–H and O–H groups in total. The van der Waals surface area contributed by atoms with Crippen LogP contribution in [-0.4, -0.2) is 86.6 Å². The lowest BCUT2D eigenvalue weighted by molar-refractivity contribution is -0.139. The number of rotatable bonds is 7. The summed E-state index contributed by atoms with van der Waals surface area (Å²) in [7, 11) is 0. The fourth-order valence-electron chi connectivity index (χ4n) is 5.47. The summed E-state index contributed by atoms with van der Waals surface area (Å²) in [6, 6.07) is 8.55. The molecule has 1 aromatic carbocycles. The standard InChI is InChI=1S/C28H37N5O4/c1-28(2,3)18-33(27(35)36)25(20-7-5-4-6-8-20)26(34)32-12-11-31-17-22(13-21(31)16-32)37-24-15-29-23(14-30-24)19-9-10-19/h4-8,14-15,19,21-22,25H,9-13,16-18H2,1-3H3,(H,35,36)/t21-,22+,25+/m0/s1. The Morgan fingerprint density at radius 1 is 1.11 bits per heavy atom. The van der Waals surface area contributed by atoms with Crippen molar-refractivity contribution in [1.29, 1.82) is 0 Å². The summed E-state index contributed by atoms with van der Waals surface area (Å²) in [4.78, 5) is 40.8. The third-order valence-electron chi connectivity index (χ3n) is 7.37. The maximum atomic E-state index is 13.9. The van der Waals surface area contributed by atoms with Gasteiger partial charge < -0.3 is 14.7 Å². The summed E-state index contributed by atoms with van der Waals surface area (Å²) < 4.78 is 6.15. The molecule has 0 radical (unpaired) electrons. The molecule has 37 heavy (non-hydrogen) atoms. The van der Waals surface area contributed by atoms with Crippen LogP contribution in [-0.2, 0) is 4.79 Å². The highest BCUT2D eigenvalue weighted by Crippen LogP contribution is 2.38. The van der Waals surface area contributed by atoms with Gasteiger partial charge in [0.2, 0.25) is 11.8 Å². The first-order chi connectivity index (χ1) is 17.7. The van der Waals surface area contributed by atoms with Crippen molar-refractivity contribution in [3.05, 3.63) is 54.0 Å². The second kappa shape index (κ2) is 10.3. The smallest absolute Gasteiger partial charge is 0.408 e. The van der Waals surface area contributed by atoms with Gasteiger partial charge in [0.05, 0.1) is 18.1 Å². The van der Waals surface area contributed by atoms with Gasteiger partial charge in [-0.2, -0.15) is 0 Å². The lowest BCUT2D eigenvalue weighted by Crippen LogP contribution is -2.55. The molecule has 3 heterocycles. The van der Waals surface area contributed by atoms with Gasteiger partial charge in [0.1, 0.15) is 12.1 Å². The van der Waals surface area contributed by atoms with Crippen molar-refractivity contribution in [2.75, 3.05) is 32.7 Å². The lowest BCUT2D eigenvalue weighted by Gasteiger charge is -2.41. The minimum Gasteiger partial charge on any atom is -0.472 e. The van der Waals surface area contributed by atoms with E-state index < -0.39 is 12.1 Å². The highest BCUT2D eigenvalue weighted by Gasteiger charge is 2.42. The molecule has 1 aliphatic carbocycles. The second-order valence-electron chi connectivity index (χ2n) is 11.7. The van der Waals surface area contributed by atoms with Gasteiger partial charge in [-0.3, -0.25) is 19.6 Å². The van der Waals surface area contributed by atoms with E-state index in [1.165, 1.54) is 17.7 Å². The maximum absolute atomic E-state index is 13.9. The van der Waals surface area contributed by atoms with Gasteiger partial charge in [0, 0.05) is 51.1 Å². The predicted molar refractivity (Wildman–Crippen MR) is 138 cm³/mol. The molecule has 2 aliphatic heterocycles. The second-order valence-corrected chi connectivity index (χ2v) is 11.7. The number of amides is 2. The molecule has 5 rings (SSSR count). The Balaban J connectivity index is 1.27. The highest BCUT2D eigenvalue weighted by atomic mass is 16.5. The van der Waals surface area contributed by atoms with Crippen molar-refractivity contribution in [2.24, 2.45) is 5.41 Å². The number of nitrogens with zero attached hydrogens (tertiary/aromatic N) is 5. The number of hydrogen-bond acceptors (Lipinski definition) is 6. The van der Waals surface area contributed by atoms with E-state index in [4.69, 9.17) is 4.74 Å². The van der Waals surface area contributed by atoms with Gasteiger partial charge in [-0.05, 0) is 23.8 Å². The Hall–Kier alpha value is -3.20. The first kappa shape index (κ1) is 25.4. The zero-order valence-electron chi connectivity index (χ0n) is 21.9. The van der Waals surface area contributed by atoms with E-state index in [2.05, 4.69) is 14.9 Å². The number of ether oxygens (including phenoxy) is 1. The summed E-state index contributed by atoms with van der Waals surface area (Å²) in [5.41, 5.74) is 1.45. The zero-order chi connectivity index (χ0) is 26.2. The number of carboxylic acid groups (broad SMARTS) is 1. The molecule has 9 nitrogen and oxygen atoms in total. The van der Waals surface area contributed by atoms with Crippen LogP contribution < -0.4 is 4.74 Å². The van der Waals surface area contributed by atoms with Gasteiger partial charge in [0.25, 0.3) is 0 Å². The lowest BCUT2D eigenvalue weighted by atomic mass is 9.93. The summed E-state index contributed by atoms with van der Waals surface area (Å²) in [6.45, 7) is 8.84. The van der Waals surface area contributed by atoms with E-state index in [0.29, 0.717) is 30.5 Å². The number of benzene rings is 1. The fraction of sp³-hybridized carbons (Fsp3) is 0.571. The van der Waals surface area contributed by atoms with Crippen molar-refractivity contribution >= 4 is 12.0 Å². The molecule has 0 bridgehead atoms. The van der Waals surface area contributed by atoms with Crippen LogP contribution in [0.2, 0.25) is 0 Å². The fourth-order valence-corrected chi connectivity index (χ4v) is 5.47. The van der Waals surface area contributed by atoms with Crippen LogP contribution in [0.3, 0.4) is 0 Å². The maximum Gasteiger partial charge on any atom is 0.408 e. The third kappa shape index (κ3) is 6.04. The van der Waals surface area contributed by atoms with E-state index in [1.807, 2.05) is 62.2 Å². The number of carbonyl (C=O) groups excluding carboxylic acids is 1. The molecule has 9 heteroatoms. The van der Waals surface area contributed by atoms with E-state index in [9.17, 15) is 14.7 Å². The molecule has 3 atom stereocenters. The Kier molecular flexibility index (Phi) is 7.07. The molecule has 198 valence electrons. The van der Waals surface area contributed by atoms with E-state index in [0.717, 1.165) is 25.2 Å². The van der Waals surface area contributed by atoms with E-state index >= 15 is 0 Å². The van der Waals surface area contributed by atoms with Crippen molar-refractivity contribution < 1.29 is 19.4 Å². The largest absolute Gasteiger partial charge is 0.472 e. The van der Waals surface area contributed by atoms with Crippen molar-refractivity contribution in [1.82, 2.24) is 24.7 Å². The third-order valence-corrected chi connectivity index (χ3v) is 7.37. The molecule has 3 fully saturated rings. The number of aromatic nitrogens is 2. The van der Waals surface area contributed by atoms with Crippen LogP contribution >= 0.6 is 0 Å². The molecule has 3 aliphatic rings. The van der Waals surface area contributed by atoms with Gasteiger partial charge in [-0.1, -0.05) is 51.1 Å². The average Bonchev–Trinajstić information content (AvgIpc) is 3.63. The van der Waals surface area contributed by atoms with E-state index in [1.54, 1.807) is 6.20 Å². The number of piperazine rings is 1. The predicted octanol–water partition coefficient (Wildman–Crippen LogP) is 3.79. The molecular weight excluding hydrogens is 470 g/mol. The molecule has 0 unspecified atom stereocenters. The van der Waals surface area contributed by atoms with Crippen molar-refractivity contribution in [2.45, 2.75) is 64.1 Å². The van der Waals surface area contributed by atoms with Crippen molar-refractivity contribution in [3.63, 3.8) is 0 Å². The van der Waals surface area contributed by atoms with Gasteiger partial charge in [0.15, 0.2) is 0 Å². The van der Waals surface area contributed by atoms with Gasteiger partial charge >= 0.3 is 6.09 Å². The summed E-state index contributed by atoms with van der Waals surface area (Å²) in [5, 5.41) is 10.1. The topological polar surface area (TPSA) is 99.1 Å². The van der Waals surface area contributed by atoms with Crippen LogP contribution in [0.5, 0.6) is 5.88 Å². The molecule has 1 saturated carbocycles. The Morgan fingerprint density at radius 2 is 1.86 bits per heavy atom. The van der Waals surface area contributed by atoms with Gasteiger partial charge in [-0.15, -0.1) is 0 Å². The molecule has 2 aromatic rings. The first-order valence-corrected chi connectivity index (χ1v) is 13.2. The van der Waals surface area contributed by atoms with Crippen LogP contribution in [0.25, 0.3) is 0 Å². The number of hydrogen-bond donors (Lipinski definition) is 1. The quantitative estimate of drug-likeness (QED) is 0.609. The average molecular weight is 508 g/mol. The SMILES string of the molecule is CC(C)(C)CN(C(=O)O)[C@@H](C(=O)N1CCN2C[C@H](Oc3cnc(C4CC4)cn3)C[C@H]2C1)c1ccccc1. The van der Waals surface area contributed by atoms with Crippen LogP contribution in [0.1, 0.15) is 63.3 Å². The van der Waals surface area contributed by atoms with E-state index in [-0.39, 0.29) is 30.0 Å². The summed E-state index contributed by atoms with van der Waals surface area (Å²) >= 11 is 0. The van der Waals surface area contributed by atoms with Crippen LogP contribution in [0.4, 0.5) is 4.79 Å². The minimum absolute atomic E-state index is 0.0116. The Bertz CT molecular complexity index is 1100. The Morgan fingerprint density at radius 3 is 2.49 bits per heavy atom. The Labute approximate surface area is 218 Å².